The van der Waals surface area contributed by atoms with Crippen LogP contribution in [0.2, 0.25) is 0 Å². The Kier molecular flexibility index (Phi) is 6.42. The smallest absolute Gasteiger partial charge is 0.319 e. The lowest BCUT2D eigenvalue weighted by molar-refractivity contribution is 0.0177. The lowest BCUT2D eigenvalue weighted by atomic mass is 9.87. The van der Waals surface area contributed by atoms with Gasteiger partial charge < -0.3 is 15.1 Å². The van der Waals surface area contributed by atoms with Gasteiger partial charge >= 0.3 is 6.03 Å². The van der Waals surface area contributed by atoms with E-state index in [-0.39, 0.29) is 18.0 Å². The van der Waals surface area contributed by atoms with E-state index in [9.17, 15) is 9.59 Å². The van der Waals surface area contributed by atoms with Gasteiger partial charge in [-0.05, 0) is 51.8 Å². The van der Waals surface area contributed by atoms with Crippen LogP contribution in [0.15, 0.2) is 24.4 Å². The van der Waals surface area contributed by atoms with Crippen LogP contribution in [0.3, 0.4) is 0 Å². The molecule has 2 aliphatic heterocycles. The molecule has 2 aromatic rings. The number of fused-ring (bicyclic) bond motifs is 1. The van der Waals surface area contributed by atoms with Crippen LogP contribution in [-0.4, -0.2) is 74.0 Å². The lowest BCUT2D eigenvalue weighted by Gasteiger charge is -2.48. The molecular formula is C25H37N7O2. The van der Waals surface area contributed by atoms with Crippen LogP contribution in [0.25, 0.3) is 0 Å². The van der Waals surface area contributed by atoms with Gasteiger partial charge in [-0.2, -0.15) is 5.10 Å². The summed E-state index contributed by atoms with van der Waals surface area (Å²) in [7, 11) is 2.16. The van der Waals surface area contributed by atoms with Gasteiger partial charge in [0.15, 0.2) is 5.82 Å². The van der Waals surface area contributed by atoms with Crippen LogP contribution in [-0.2, 0) is 12.1 Å². The van der Waals surface area contributed by atoms with Crippen molar-refractivity contribution in [2.24, 2.45) is 11.8 Å². The molecule has 1 unspecified atom stereocenters. The summed E-state index contributed by atoms with van der Waals surface area (Å²) in [4.78, 5) is 37.0. The van der Waals surface area contributed by atoms with Crippen LogP contribution in [0, 0.1) is 11.8 Å². The number of H-pyrrole nitrogens is 1. The highest BCUT2D eigenvalue weighted by Crippen LogP contribution is 2.41. The minimum absolute atomic E-state index is 0.0261. The summed E-state index contributed by atoms with van der Waals surface area (Å²) in [5.74, 6) is 1.14. The van der Waals surface area contributed by atoms with Crippen LogP contribution in [0.5, 0.6) is 0 Å². The molecule has 3 amide bonds. The number of nitrogens with zero attached hydrogens (tertiary/aromatic N) is 5. The van der Waals surface area contributed by atoms with E-state index in [0.29, 0.717) is 42.5 Å². The molecule has 0 radical (unpaired) electrons. The topological polar surface area (TPSA) is 97.5 Å². The van der Waals surface area contributed by atoms with E-state index in [0.717, 1.165) is 17.8 Å². The van der Waals surface area contributed by atoms with Gasteiger partial charge in [0.05, 0.1) is 17.8 Å². The third-order valence-corrected chi connectivity index (χ3v) is 7.77. The van der Waals surface area contributed by atoms with Crippen LogP contribution >= 0.6 is 0 Å². The molecule has 1 fully saturated rings. The van der Waals surface area contributed by atoms with E-state index in [1.807, 2.05) is 23.6 Å². The van der Waals surface area contributed by atoms with Crippen molar-refractivity contribution in [1.29, 1.82) is 0 Å². The third kappa shape index (κ3) is 4.17. The number of aromatic amines is 1. The SMILES string of the molecule is CC(C)C(C)[C@H]1CN(C(=O)N2Cc3c(NC(=O)c4ccccn4)n[nH]c3C2(C)C)[C@@H](C)CN1C. The van der Waals surface area contributed by atoms with Crippen LogP contribution < -0.4 is 5.32 Å². The van der Waals surface area contributed by atoms with E-state index < -0.39 is 5.54 Å². The number of carbonyl (C=O) groups is 2. The Morgan fingerprint density at radius 1 is 1.21 bits per heavy atom. The first kappa shape index (κ1) is 24.2. The largest absolute Gasteiger partial charge is 0.321 e. The second-order valence-electron chi connectivity index (χ2n) is 10.6. The number of nitrogens with one attached hydrogen (secondary N) is 2. The van der Waals surface area contributed by atoms with Gasteiger partial charge in [-0.15, -0.1) is 0 Å². The van der Waals surface area contributed by atoms with Gasteiger partial charge in [0.2, 0.25) is 0 Å². The molecule has 2 aromatic heterocycles. The average Bonchev–Trinajstić information content (AvgIpc) is 3.31. The second kappa shape index (κ2) is 9.02. The predicted molar refractivity (Wildman–Crippen MR) is 131 cm³/mol. The van der Waals surface area contributed by atoms with E-state index in [4.69, 9.17) is 0 Å². The number of amides is 3. The number of hydrogen-bond donors (Lipinski definition) is 2. The van der Waals surface area contributed by atoms with Gasteiger partial charge in [0.1, 0.15) is 5.69 Å². The number of urea groups is 1. The number of anilines is 1. The van der Waals surface area contributed by atoms with Crippen LogP contribution in [0.4, 0.5) is 10.6 Å². The molecule has 34 heavy (non-hydrogen) atoms. The molecule has 9 nitrogen and oxygen atoms in total. The Morgan fingerprint density at radius 3 is 2.59 bits per heavy atom. The van der Waals surface area contributed by atoms with Gasteiger partial charge in [-0.25, -0.2) is 4.79 Å². The Hall–Kier alpha value is -2.94. The van der Waals surface area contributed by atoms with Crippen molar-refractivity contribution in [3.8, 4) is 0 Å². The molecule has 4 rings (SSSR count). The Morgan fingerprint density at radius 2 is 1.94 bits per heavy atom. The molecule has 0 spiro atoms. The number of rotatable bonds is 4. The Labute approximate surface area is 201 Å². The van der Waals surface area contributed by atoms with Crippen molar-refractivity contribution >= 4 is 17.8 Å². The number of pyridine rings is 1. The minimum Gasteiger partial charge on any atom is -0.319 e. The standard InChI is InChI=1S/C25H37N7O2/c1-15(2)17(4)20-14-31(16(3)12-30(20)7)24(34)32-13-18-21(25(32,5)6)28-29-22(18)27-23(33)19-10-8-9-11-26-19/h8-11,15-17,20H,12-14H2,1-7H3,(H2,27,28,29,33)/t16-,17?,20+/m0/s1. The van der Waals surface area contributed by atoms with Crippen molar-refractivity contribution in [2.75, 3.05) is 25.5 Å². The van der Waals surface area contributed by atoms with Crippen molar-refractivity contribution in [3.63, 3.8) is 0 Å². The lowest BCUT2D eigenvalue weighted by Crippen LogP contribution is -2.62. The summed E-state index contributed by atoms with van der Waals surface area (Å²) in [6.07, 6.45) is 1.58. The van der Waals surface area contributed by atoms with E-state index in [1.165, 1.54) is 0 Å². The molecule has 0 aromatic carbocycles. The zero-order valence-corrected chi connectivity index (χ0v) is 21.3. The summed E-state index contributed by atoms with van der Waals surface area (Å²) in [5.41, 5.74) is 1.44. The highest BCUT2D eigenvalue weighted by Gasteiger charge is 2.47. The fraction of sp³-hybridized carbons (Fsp3) is 0.600. The molecule has 4 heterocycles. The molecule has 3 atom stereocenters. The first-order valence-corrected chi connectivity index (χ1v) is 12.1. The number of hydrogen-bond acceptors (Lipinski definition) is 5. The van der Waals surface area contributed by atoms with Gasteiger partial charge in [0.25, 0.3) is 5.91 Å². The zero-order chi connectivity index (χ0) is 24.8. The molecular weight excluding hydrogens is 430 g/mol. The molecule has 1 saturated heterocycles. The van der Waals surface area contributed by atoms with Gasteiger partial charge in [-0.3, -0.25) is 19.8 Å². The summed E-state index contributed by atoms with van der Waals surface area (Å²) in [6, 6.07) is 5.65. The molecule has 9 heteroatoms. The summed E-state index contributed by atoms with van der Waals surface area (Å²) in [5, 5.41) is 10.3. The molecule has 184 valence electrons. The van der Waals surface area contributed by atoms with E-state index in [1.54, 1.807) is 24.4 Å². The molecule has 2 N–H and O–H groups in total. The fourth-order valence-corrected chi connectivity index (χ4v) is 5.20. The average molecular weight is 468 g/mol. The molecule has 2 aliphatic rings. The van der Waals surface area contributed by atoms with Crippen molar-refractivity contribution in [2.45, 2.75) is 65.7 Å². The molecule has 0 aliphatic carbocycles. The summed E-state index contributed by atoms with van der Waals surface area (Å²) in [6.45, 7) is 14.9. The first-order chi connectivity index (χ1) is 16.0. The predicted octanol–water partition coefficient (Wildman–Crippen LogP) is 3.52. The van der Waals surface area contributed by atoms with Crippen molar-refractivity contribution in [1.82, 2.24) is 29.9 Å². The fourth-order valence-electron chi connectivity index (χ4n) is 5.20. The highest BCUT2D eigenvalue weighted by atomic mass is 16.2. The number of aromatic nitrogens is 3. The normalized spacial score (nSPS) is 23.2. The Bertz CT molecular complexity index is 1050. The molecule has 0 saturated carbocycles. The van der Waals surface area contributed by atoms with E-state index in [2.05, 4.69) is 60.1 Å². The third-order valence-electron chi connectivity index (χ3n) is 7.77. The molecule has 0 bridgehead atoms. The van der Waals surface area contributed by atoms with Gasteiger partial charge in [-0.1, -0.05) is 26.8 Å². The maximum absolute atomic E-state index is 13.9. The van der Waals surface area contributed by atoms with Crippen molar-refractivity contribution < 1.29 is 9.59 Å². The summed E-state index contributed by atoms with van der Waals surface area (Å²) < 4.78 is 0. The zero-order valence-electron chi connectivity index (χ0n) is 21.3. The summed E-state index contributed by atoms with van der Waals surface area (Å²) >= 11 is 0. The van der Waals surface area contributed by atoms with Crippen LogP contribution in [0.1, 0.15) is 63.3 Å². The highest BCUT2D eigenvalue weighted by molar-refractivity contribution is 6.02. The number of piperazine rings is 1. The minimum atomic E-state index is -0.574. The first-order valence-electron chi connectivity index (χ1n) is 12.1. The number of likely N-dealkylation sites (N-methyl/N-ethyl adjacent to an activating group) is 1. The monoisotopic (exact) mass is 467 g/mol. The Balaban J connectivity index is 1.54. The van der Waals surface area contributed by atoms with Gasteiger partial charge in [0, 0.05) is 36.9 Å². The maximum Gasteiger partial charge on any atom is 0.321 e. The maximum atomic E-state index is 13.9. The van der Waals surface area contributed by atoms with Crippen molar-refractivity contribution in [3.05, 3.63) is 41.3 Å². The van der Waals surface area contributed by atoms with E-state index >= 15 is 0 Å². The number of carbonyl (C=O) groups excluding carboxylic acids is 2. The second-order valence-corrected chi connectivity index (χ2v) is 10.6. The quantitative estimate of drug-likeness (QED) is 0.717.